The minimum atomic E-state index is -0.391. The number of para-hydroxylation sites is 1. The molecular weight excluding hydrogens is 332 g/mol. The fourth-order valence-electron chi connectivity index (χ4n) is 3.52. The maximum Gasteiger partial charge on any atom is 0.243 e. The molecule has 1 N–H and O–H groups in total. The van der Waals surface area contributed by atoms with Crippen molar-refractivity contribution in [2.45, 2.75) is 51.6 Å². The smallest absolute Gasteiger partial charge is 0.243 e. The van der Waals surface area contributed by atoms with Gasteiger partial charge >= 0.3 is 0 Å². The summed E-state index contributed by atoms with van der Waals surface area (Å²) in [6.45, 7) is 4.37. The molecule has 1 aliphatic rings. The summed E-state index contributed by atoms with van der Waals surface area (Å²) in [5.41, 5.74) is 0.673. The third kappa shape index (κ3) is 3.54. The van der Waals surface area contributed by atoms with E-state index in [2.05, 4.69) is 5.32 Å². The van der Waals surface area contributed by atoms with E-state index in [-0.39, 0.29) is 17.9 Å². The summed E-state index contributed by atoms with van der Waals surface area (Å²) in [6, 6.07) is 6.92. The van der Waals surface area contributed by atoms with Crippen molar-refractivity contribution in [3.63, 3.8) is 0 Å². The predicted octanol–water partition coefficient (Wildman–Crippen LogP) is 3.41. The van der Waals surface area contributed by atoms with Gasteiger partial charge in [0.15, 0.2) is 11.3 Å². The number of nitrogens with one attached hydrogen (secondary N) is 1. The SMILES string of the molecule is CCC(=O)N1CCCCC1C(=O)NC(C)c1cc2cccc(OC)c2o1. The first-order valence-electron chi connectivity index (χ1n) is 9.21. The zero-order chi connectivity index (χ0) is 18.7. The van der Waals surface area contributed by atoms with Crippen molar-refractivity contribution in [3.8, 4) is 5.75 Å². The van der Waals surface area contributed by atoms with Gasteiger partial charge in [-0.2, -0.15) is 0 Å². The number of hydrogen-bond donors (Lipinski definition) is 1. The summed E-state index contributed by atoms with van der Waals surface area (Å²) in [5.74, 6) is 1.25. The number of furan rings is 1. The number of likely N-dealkylation sites (tertiary alicyclic amines) is 1. The highest BCUT2D eigenvalue weighted by Gasteiger charge is 2.32. The average Bonchev–Trinajstić information content (AvgIpc) is 3.11. The molecule has 26 heavy (non-hydrogen) atoms. The number of benzene rings is 1. The molecule has 0 bridgehead atoms. The Hall–Kier alpha value is -2.50. The molecule has 6 heteroatoms. The number of ether oxygens (including phenoxy) is 1. The second-order valence-electron chi connectivity index (χ2n) is 6.71. The fraction of sp³-hybridized carbons (Fsp3) is 0.500. The molecular formula is C20H26N2O4. The van der Waals surface area contributed by atoms with Crippen LogP contribution in [0, 0.1) is 0 Å². The van der Waals surface area contributed by atoms with Crippen LogP contribution in [0.25, 0.3) is 11.0 Å². The molecule has 0 radical (unpaired) electrons. The number of methoxy groups -OCH3 is 1. The molecule has 1 aromatic carbocycles. The first kappa shape index (κ1) is 18.3. The Balaban J connectivity index is 1.75. The van der Waals surface area contributed by atoms with Crippen LogP contribution in [-0.4, -0.2) is 36.4 Å². The topological polar surface area (TPSA) is 71.8 Å². The lowest BCUT2D eigenvalue weighted by Gasteiger charge is -2.35. The van der Waals surface area contributed by atoms with E-state index in [0.717, 1.165) is 18.2 Å². The number of amides is 2. The van der Waals surface area contributed by atoms with Crippen LogP contribution in [0.15, 0.2) is 28.7 Å². The van der Waals surface area contributed by atoms with Crippen LogP contribution >= 0.6 is 0 Å². The third-order valence-corrected chi connectivity index (χ3v) is 4.96. The van der Waals surface area contributed by atoms with E-state index in [0.29, 0.717) is 36.5 Å². The van der Waals surface area contributed by atoms with Crippen molar-refractivity contribution in [2.24, 2.45) is 0 Å². The molecule has 1 fully saturated rings. The highest BCUT2D eigenvalue weighted by molar-refractivity contribution is 5.88. The highest BCUT2D eigenvalue weighted by Crippen LogP contribution is 2.31. The molecule has 2 aromatic rings. The van der Waals surface area contributed by atoms with E-state index in [1.807, 2.05) is 38.1 Å². The van der Waals surface area contributed by atoms with Gasteiger partial charge in [-0.3, -0.25) is 9.59 Å². The van der Waals surface area contributed by atoms with Gasteiger partial charge in [-0.05, 0) is 38.3 Å². The van der Waals surface area contributed by atoms with Crippen LogP contribution in [0.5, 0.6) is 5.75 Å². The van der Waals surface area contributed by atoms with Crippen molar-refractivity contribution in [3.05, 3.63) is 30.0 Å². The van der Waals surface area contributed by atoms with Crippen molar-refractivity contribution < 1.29 is 18.7 Å². The summed E-state index contributed by atoms with van der Waals surface area (Å²) < 4.78 is 11.2. The van der Waals surface area contributed by atoms with Crippen LogP contribution < -0.4 is 10.1 Å². The van der Waals surface area contributed by atoms with E-state index in [4.69, 9.17) is 9.15 Å². The maximum atomic E-state index is 12.8. The van der Waals surface area contributed by atoms with Crippen molar-refractivity contribution in [1.82, 2.24) is 10.2 Å². The number of carbonyl (C=O) groups is 2. The van der Waals surface area contributed by atoms with E-state index < -0.39 is 6.04 Å². The van der Waals surface area contributed by atoms with Crippen molar-refractivity contribution in [2.75, 3.05) is 13.7 Å². The molecule has 1 saturated heterocycles. The minimum Gasteiger partial charge on any atom is -0.493 e. The summed E-state index contributed by atoms with van der Waals surface area (Å²) in [7, 11) is 1.60. The Kier molecular flexibility index (Phi) is 5.49. The van der Waals surface area contributed by atoms with Crippen molar-refractivity contribution >= 4 is 22.8 Å². The fourth-order valence-corrected chi connectivity index (χ4v) is 3.52. The highest BCUT2D eigenvalue weighted by atomic mass is 16.5. The van der Waals surface area contributed by atoms with Gasteiger partial charge in [-0.25, -0.2) is 0 Å². The predicted molar refractivity (Wildman–Crippen MR) is 99.0 cm³/mol. The molecule has 0 aliphatic carbocycles. The normalized spacial score (nSPS) is 18.6. The molecule has 1 aliphatic heterocycles. The monoisotopic (exact) mass is 358 g/mol. The lowest BCUT2D eigenvalue weighted by Crippen LogP contribution is -2.52. The lowest BCUT2D eigenvalue weighted by molar-refractivity contribution is -0.142. The Morgan fingerprint density at radius 3 is 2.92 bits per heavy atom. The molecule has 2 heterocycles. The molecule has 0 spiro atoms. The Morgan fingerprint density at radius 1 is 1.38 bits per heavy atom. The molecule has 0 saturated carbocycles. The van der Waals surface area contributed by atoms with Crippen LogP contribution in [0.4, 0.5) is 0 Å². The van der Waals surface area contributed by atoms with Crippen LogP contribution in [0.2, 0.25) is 0 Å². The van der Waals surface area contributed by atoms with Crippen molar-refractivity contribution in [1.29, 1.82) is 0 Å². The van der Waals surface area contributed by atoms with Crippen LogP contribution in [0.1, 0.15) is 51.3 Å². The zero-order valence-corrected chi connectivity index (χ0v) is 15.6. The number of hydrogen-bond acceptors (Lipinski definition) is 4. The first-order valence-corrected chi connectivity index (χ1v) is 9.21. The van der Waals surface area contributed by atoms with Gasteiger partial charge < -0.3 is 19.4 Å². The van der Waals surface area contributed by atoms with E-state index in [1.54, 1.807) is 12.0 Å². The molecule has 1 aromatic heterocycles. The minimum absolute atomic E-state index is 0.0333. The Labute approximate surface area is 153 Å². The van der Waals surface area contributed by atoms with Gasteiger partial charge in [0.2, 0.25) is 11.8 Å². The quantitative estimate of drug-likeness (QED) is 0.889. The third-order valence-electron chi connectivity index (χ3n) is 4.96. The molecule has 2 atom stereocenters. The standard InChI is InChI=1S/C20H26N2O4/c1-4-18(23)22-11-6-5-9-15(22)20(24)21-13(2)17-12-14-8-7-10-16(25-3)19(14)26-17/h7-8,10,12-13,15H,4-6,9,11H2,1-3H3,(H,21,24). The van der Waals surface area contributed by atoms with Crippen LogP contribution in [0.3, 0.4) is 0 Å². The van der Waals surface area contributed by atoms with E-state index in [9.17, 15) is 9.59 Å². The molecule has 2 unspecified atom stereocenters. The molecule has 140 valence electrons. The van der Waals surface area contributed by atoms with E-state index >= 15 is 0 Å². The Bertz CT molecular complexity index is 798. The molecule has 2 amide bonds. The van der Waals surface area contributed by atoms with Gasteiger partial charge in [0.05, 0.1) is 13.2 Å². The first-order chi connectivity index (χ1) is 12.5. The van der Waals surface area contributed by atoms with Gasteiger partial charge in [-0.15, -0.1) is 0 Å². The average molecular weight is 358 g/mol. The van der Waals surface area contributed by atoms with Gasteiger partial charge in [0.1, 0.15) is 11.8 Å². The number of rotatable bonds is 5. The second kappa shape index (κ2) is 7.81. The molecule has 3 rings (SSSR count). The second-order valence-corrected chi connectivity index (χ2v) is 6.71. The van der Waals surface area contributed by atoms with Gasteiger partial charge in [-0.1, -0.05) is 19.1 Å². The number of fused-ring (bicyclic) bond motifs is 1. The lowest BCUT2D eigenvalue weighted by atomic mass is 10.0. The summed E-state index contributed by atoms with van der Waals surface area (Å²) >= 11 is 0. The number of piperidine rings is 1. The summed E-state index contributed by atoms with van der Waals surface area (Å²) in [4.78, 5) is 26.6. The van der Waals surface area contributed by atoms with Gasteiger partial charge in [0, 0.05) is 18.4 Å². The zero-order valence-electron chi connectivity index (χ0n) is 15.6. The van der Waals surface area contributed by atoms with E-state index in [1.165, 1.54) is 0 Å². The summed E-state index contributed by atoms with van der Waals surface area (Å²) in [5, 5.41) is 3.94. The number of nitrogens with zero attached hydrogens (tertiary/aromatic N) is 1. The summed E-state index contributed by atoms with van der Waals surface area (Å²) in [6.07, 6.45) is 3.04. The molecule has 6 nitrogen and oxygen atoms in total. The van der Waals surface area contributed by atoms with Gasteiger partial charge in [0.25, 0.3) is 0 Å². The Morgan fingerprint density at radius 2 is 2.19 bits per heavy atom. The number of carbonyl (C=O) groups excluding carboxylic acids is 2. The maximum absolute atomic E-state index is 12.8. The van der Waals surface area contributed by atoms with Crippen LogP contribution in [-0.2, 0) is 9.59 Å². The largest absolute Gasteiger partial charge is 0.493 e.